The predicted octanol–water partition coefficient (Wildman–Crippen LogP) is 0.617. The van der Waals surface area contributed by atoms with Crippen molar-refractivity contribution in [3.8, 4) is 5.75 Å². The van der Waals surface area contributed by atoms with Crippen LogP contribution in [0.25, 0.3) is 0 Å². The van der Waals surface area contributed by atoms with Gasteiger partial charge in [0.25, 0.3) is 0 Å². The molecule has 5 heteroatoms. The van der Waals surface area contributed by atoms with E-state index in [1.54, 1.807) is 24.3 Å². The molecule has 16 heavy (non-hydrogen) atoms. The molecule has 5 nitrogen and oxygen atoms in total. The first-order valence-electron chi connectivity index (χ1n) is 5.04. The highest BCUT2D eigenvalue weighted by Gasteiger charge is 2.22. The Kier molecular flexibility index (Phi) is 3.05. The van der Waals surface area contributed by atoms with Gasteiger partial charge in [-0.05, 0) is 12.1 Å². The van der Waals surface area contributed by atoms with Crippen molar-refractivity contribution in [1.82, 2.24) is 10.2 Å². The maximum Gasteiger partial charge on any atom is 0.415 e. The van der Waals surface area contributed by atoms with E-state index in [1.807, 2.05) is 6.07 Å². The molecule has 0 aliphatic carbocycles. The molecule has 0 saturated carbocycles. The lowest BCUT2D eigenvalue weighted by atomic mass is 10.3. The molecule has 0 atom stereocenters. The van der Waals surface area contributed by atoms with E-state index in [4.69, 9.17) is 4.74 Å². The Morgan fingerprint density at radius 3 is 2.75 bits per heavy atom. The average Bonchev–Trinajstić information content (AvgIpc) is 2.30. The zero-order chi connectivity index (χ0) is 11.4. The Hall–Kier alpha value is -2.04. The summed E-state index contributed by atoms with van der Waals surface area (Å²) in [4.78, 5) is 24.1. The first-order chi connectivity index (χ1) is 7.75. The van der Waals surface area contributed by atoms with Gasteiger partial charge in [-0.2, -0.15) is 0 Å². The van der Waals surface area contributed by atoms with Gasteiger partial charge in [0.15, 0.2) is 0 Å². The van der Waals surface area contributed by atoms with Crippen molar-refractivity contribution in [3.05, 3.63) is 30.3 Å². The van der Waals surface area contributed by atoms with E-state index in [0.717, 1.165) is 0 Å². The lowest BCUT2D eigenvalue weighted by molar-refractivity contribution is -0.123. The summed E-state index contributed by atoms with van der Waals surface area (Å²) in [6.45, 7) is 1.02. The minimum Gasteiger partial charge on any atom is -0.410 e. The van der Waals surface area contributed by atoms with Crippen LogP contribution < -0.4 is 10.1 Å². The summed E-state index contributed by atoms with van der Waals surface area (Å²) in [5, 5.41) is 2.64. The molecule has 1 fully saturated rings. The molecule has 1 saturated heterocycles. The second-order valence-electron chi connectivity index (χ2n) is 3.45. The summed E-state index contributed by atoms with van der Waals surface area (Å²) in [5.74, 6) is 0.328. The third-order valence-electron chi connectivity index (χ3n) is 2.24. The van der Waals surface area contributed by atoms with E-state index < -0.39 is 6.09 Å². The maximum absolute atomic E-state index is 11.6. The molecule has 1 heterocycles. The monoisotopic (exact) mass is 220 g/mol. The number of benzene rings is 1. The predicted molar refractivity (Wildman–Crippen MR) is 57.0 cm³/mol. The highest BCUT2D eigenvalue weighted by Crippen LogP contribution is 2.10. The van der Waals surface area contributed by atoms with E-state index >= 15 is 0 Å². The van der Waals surface area contributed by atoms with Crippen molar-refractivity contribution in [2.75, 3.05) is 19.6 Å². The third kappa shape index (κ3) is 2.50. The summed E-state index contributed by atoms with van der Waals surface area (Å²) < 4.78 is 5.11. The number of hydrogen-bond donors (Lipinski definition) is 1. The summed E-state index contributed by atoms with van der Waals surface area (Å²) in [5.41, 5.74) is 0. The highest BCUT2D eigenvalue weighted by atomic mass is 16.6. The first kappa shape index (κ1) is 10.5. The second-order valence-corrected chi connectivity index (χ2v) is 3.45. The molecule has 84 valence electrons. The molecule has 0 bridgehead atoms. The number of carbonyl (C=O) groups excluding carboxylic acids is 2. The van der Waals surface area contributed by atoms with Crippen molar-refractivity contribution in [2.24, 2.45) is 0 Å². The van der Waals surface area contributed by atoms with E-state index in [1.165, 1.54) is 4.90 Å². The van der Waals surface area contributed by atoms with Crippen LogP contribution in [-0.4, -0.2) is 36.5 Å². The van der Waals surface area contributed by atoms with Gasteiger partial charge in [-0.15, -0.1) is 0 Å². The molecule has 1 N–H and O–H groups in total. The van der Waals surface area contributed by atoms with Crippen LogP contribution in [0.1, 0.15) is 0 Å². The van der Waals surface area contributed by atoms with Gasteiger partial charge in [0.2, 0.25) is 5.91 Å². The highest BCUT2D eigenvalue weighted by molar-refractivity contribution is 5.83. The largest absolute Gasteiger partial charge is 0.415 e. The summed E-state index contributed by atoms with van der Waals surface area (Å²) >= 11 is 0. The quantitative estimate of drug-likeness (QED) is 0.754. The van der Waals surface area contributed by atoms with Gasteiger partial charge in [0.05, 0.1) is 0 Å². The minimum atomic E-state index is -0.485. The first-order valence-corrected chi connectivity index (χ1v) is 5.04. The van der Waals surface area contributed by atoms with Crippen LogP contribution in [0, 0.1) is 0 Å². The topological polar surface area (TPSA) is 58.6 Å². The number of hydrogen-bond acceptors (Lipinski definition) is 3. The number of amides is 2. The van der Waals surface area contributed by atoms with Crippen LogP contribution in [-0.2, 0) is 4.79 Å². The van der Waals surface area contributed by atoms with Crippen molar-refractivity contribution in [3.63, 3.8) is 0 Å². The van der Waals surface area contributed by atoms with Crippen LogP contribution in [0.15, 0.2) is 30.3 Å². The normalized spacial score (nSPS) is 15.5. The fourth-order valence-corrected chi connectivity index (χ4v) is 1.45. The van der Waals surface area contributed by atoms with E-state index in [2.05, 4.69) is 5.32 Å². The second kappa shape index (κ2) is 4.65. The van der Waals surface area contributed by atoms with Gasteiger partial charge in [-0.3, -0.25) is 9.69 Å². The van der Waals surface area contributed by atoms with Gasteiger partial charge in [0.1, 0.15) is 12.3 Å². The Balaban J connectivity index is 1.95. The average molecular weight is 220 g/mol. The standard InChI is InChI=1S/C11H12N2O3/c14-10-8-13(7-6-12-10)11(15)16-9-4-2-1-3-5-9/h1-5H,6-8H2,(H,12,14). The Bertz CT molecular complexity index is 391. The SMILES string of the molecule is O=C1CN(C(=O)Oc2ccccc2)CCN1. The number of ether oxygens (including phenoxy) is 1. The molecule has 2 rings (SSSR count). The smallest absolute Gasteiger partial charge is 0.410 e. The number of rotatable bonds is 1. The van der Waals surface area contributed by atoms with Crippen LogP contribution >= 0.6 is 0 Å². The van der Waals surface area contributed by atoms with E-state index in [9.17, 15) is 9.59 Å². The van der Waals surface area contributed by atoms with Crippen LogP contribution in [0.4, 0.5) is 4.79 Å². The van der Waals surface area contributed by atoms with Gasteiger partial charge in [-0.25, -0.2) is 4.79 Å². The molecular weight excluding hydrogens is 208 g/mol. The Morgan fingerprint density at radius 1 is 1.31 bits per heavy atom. The van der Waals surface area contributed by atoms with Crippen LogP contribution in [0.3, 0.4) is 0 Å². The summed E-state index contributed by atoms with van der Waals surface area (Å²) in [6.07, 6.45) is -0.485. The summed E-state index contributed by atoms with van der Waals surface area (Å²) in [6, 6.07) is 8.80. The Labute approximate surface area is 93.0 Å². The van der Waals surface area contributed by atoms with Crippen molar-refractivity contribution < 1.29 is 14.3 Å². The minimum absolute atomic E-state index is 0.0612. The van der Waals surface area contributed by atoms with Crippen LogP contribution in [0.5, 0.6) is 5.75 Å². The molecule has 2 amide bonds. The zero-order valence-corrected chi connectivity index (χ0v) is 8.68. The molecule has 1 aromatic carbocycles. The number of nitrogens with zero attached hydrogens (tertiary/aromatic N) is 1. The van der Waals surface area contributed by atoms with Crippen molar-refractivity contribution in [2.45, 2.75) is 0 Å². The number of piperazine rings is 1. The zero-order valence-electron chi connectivity index (χ0n) is 8.68. The number of nitrogens with one attached hydrogen (secondary N) is 1. The maximum atomic E-state index is 11.6. The van der Waals surface area contributed by atoms with Crippen LogP contribution in [0.2, 0.25) is 0 Å². The molecule has 0 aromatic heterocycles. The molecule has 1 aromatic rings. The molecular formula is C11H12N2O3. The molecule has 0 unspecified atom stereocenters. The van der Waals surface area contributed by atoms with Gasteiger partial charge < -0.3 is 10.1 Å². The molecule has 1 aliphatic rings. The molecule has 0 spiro atoms. The van der Waals surface area contributed by atoms with E-state index in [-0.39, 0.29) is 12.5 Å². The fraction of sp³-hybridized carbons (Fsp3) is 0.273. The van der Waals surface area contributed by atoms with Crippen molar-refractivity contribution in [1.29, 1.82) is 0 Å². The number of para-hydroxylation sites is 1. The van der Waals surface area contributed by atoms with E-state index in [0.29, 0.717) is 18.8 Å². The lowest BCUT2D eigenvalue weighted by Gasteiger charge is -2.25. The summed E-state index contributed by atoms with van der Waals surface area (Å²) in [7, 11) is 0. The molecule has 1 aliphatic heterocycles. The number of carbonyl (C=O) groups is 2. The van der Waals surface area contributed by atoms with Gasteiger partial charge in [0, 0.05) is 13.1 Å². The Morgan fingerprint density at radius 2 is 2.06 bits per heavy atom. The lowest BCUT2D eigenvalue weighted by Crippen LogP contribution is -2.50. The third-order valence-corrected chi connectivity index (χ3v) is 2.24. The fourth-order valence-electron chi connectivity index (χ4n) is 1.45. The van der Waals surface area contributed by atoms with Gasteiger partial charge >= 0.3 is 6.09 Å². The molecule has 0 radical (unpaired) electrons. The van der Waals surface area contributed by atoms with Crippen molar-refractivity contribution >= 4 is 12.0 Å². The van der Waals surface area contributed by atoms with Gasteiger partial charge in [-0.1, -0.05) is 18.2 Å².